The van der Waals surface area contributed by atoms with Gasteiger partial charge in [-0.2, -0.15) is 0 Å². The summed E-state index contributed by atoms with van der Waals surface area (Å²) in [5.74, 6) is -3.15. The fourth-order valence-electron chi connectivity index (χ4n) is 3.56. The zero-order valence-electron chi connectivity index (χ0n) is 18.5. The quantitative estimate of drug-likeness (QED) is 0.175. The molecule has 0 bridgehead atoms. The molecule has 2 atom stereocenters. The van der Waals surface area contributed by atoms with Gasteiger partial charge in [-0.05, 0) is 28.1 Å². The largest absolute Gasteiger partial charge is 0.477 e. The van der Waals surface area contributed by atoms with Crippen LogP contribution in [0, 0.1) is 0 Å². The van der Waals surface area contributed by atoms with Crippen LogP contribution in [0.1, 0.15) is 16.1 Å². The van der Waals surface area contributed by atoms with E-state index in [0.717, 1.165) is 16.2 Å². The molecule has 1 aromatic carbocycles. The summed E-state index contributed by atoms with van der Waals surface area (Å²) in [5, 5.41) is 15.6. The molecule has 15 heteroatoms. The minimum atomic E-state index is -1.34. The molecule has 0 radical (unpaired) electrons. The molecule has 0 aliphatic carbocycles. The molecule has 12 nitrogen and oxygen atoms in total. The summed E-state index contributed by atoms with van der Waals surface area (Å²) in [6.07, 6.45) is 0. The number of anilines is 1. The molecular weight excluding hydrogens is 578 g/mol. The zero-order valence-corrected chi connectivity index (χ0v) is 21.7. The van der Waals surface area contributed by atoms with Crippen molar-refractivity contribution in [3.8, 4) is 0 Å². The highest BCUT2D eigenvalue weighted by Gasteiger charge is 2.54. The molecule has 1 aromatic heterocycles. The smallest absolute Gasteiger partial charge is 0.352 e. The summed E-state index contributed by atoms with van der Waals surface area (Å²) in [6.45, 7) is -0.292. The molecule has 2 aromatic rings. The maximum absolute atomic E-state index is 12.9. The number of carbonyl (C=O) groups is 4. The van der Waals surface area contributed by atoms with Gasteiger partial charge in [-0.25, -0.2) is 14.6 Å². The van der Waals surface area contributed by atoms with E-state index in [4.69, 9.17) is 15.3 Å². The molecule has 4 N–H and O–H groups in total. The second-order valence-corrected chi connectivity index (χ2v) is 10.8. The van der Waals surface area contributed by atoms with Gasteiger partial charge in [0.15, 0.2) is 10.8 Å². The van der Waals surface area contributed by atoms with Gasteiger partial charge < -0.3 is 25.7 Å². The number of halogens is 1. The Bertz CT molecular complexity index is 1300. The second-order valence-electron chi connectivity index (χ2n) is 7.36. The maximum atomic E-state index is 12.9. The number of thioether (sulfide) groups is 1. The molecule has 2 amide bonds. The van der Waals surface area contributed by atoms with Gasteiger partial charge in [0.25, 0.3) is 11.8 Å². The number of amides is 2. The van der Waals surface area contributed by atoms with Crippen LogP contribution < -0.4 is 11.1 Å². The zero-order chi connectivity index (χ0) is 26.0. The van der Waals surface area contributed by atoms with E-state index in [1.165, 1.54) is 18.9 Å². The predicted octanol–water partition coefficient (Wildman–Crippen LogP) is 1.43. The number of aromatic nitrogens is 1. The van der Waals surface area contributed by atoms with Crippen LogP contribution in [-0.4, -0.2) is 75.3 Å². The summed E-state index contributed by atoms with van der Waals surface area (Å²) >= 11 is 5.59. The minimum absolute atomic E-state index is 0.144. The average Bonchev–Trinajstić information content (AvgIpc) is 3.20. The van der Waals surface area contributed by atoms with Crippen LogP contribution in [0.25, 0.3) is 0 Å². The van der Waals surface area contributed by atoms with Crippen LogP contribution in [0.5, 0.6) is 0 Å². The molecule has 3 heterocycles. The topological polar surface area (TPSA) is 174 Å². The number of aliphatic carboxylic acids is 1. The Morgan fingerprint density at radius 3 is 2.67 bits per heavy atom. The lowest BCUT2D eigenvalue weighted by Gasteiger charge is -2.49. The first-order valence-corrected chi connectivity index (χ1v) is 12.8. The van der Waals surface area contributed by atoms with Crippen molar-refractivity contribution in [3.63, 3.8) is 0 Å². The van der Waals surface area contributed by atoms with Gasteiger partial charge in [-0.15, -0.1) is 11.8 Å². The van der Waals surface area contributed by atoms with Crippen molar-refractivity contribution < 1.29 is 33.9 Å². The first-order valence-electron chi connectivity index (χ1n) is 10.2. The number of nitrogens with one attached hydrogen (secondary N) is 1. The highest BCUT2D eigenvalue weighted by Crippen LogP contribution is 2.40. The van der Waals surface area contributed by atoms with E-state index in [9.17, 15) is 24.3 Å². The van der Waals surface area contributed by atoms with E-state index in [0.29, 0.717) is 9.35 Å². The van der Waals surface area contributed by atoms with E-state index >= 15 is 0 Å². The fourth-order valence-corrected chi connectivity index (χ4v) is 6.22. The number of nitrogen functional groups attached to an aromatic ring is 1. The Hall–Kier alpha value is -3.43. The van der Waals surface area contributed by atoms with Crippen LogP contribution in [-0.2, 0) is 24.0 Å². The number of carboxylic acids is 1. The molecule has 1 fully saturated rings. The molecule has 0 saturated carbocycles. The Balaban J connectivity index is 1.48. The third-order valence-corrected chi connectivity index (χ3v) is 8.02. The van der Waals surface area contributed by atoms with Crippen molar-refractivity contribution in [1.82, 2.24) is 15.2 Å². The van der Waals surface area contributed by atoms with E-state index in [2.05, 4.69) is 31.4 Å². The number of hydrogen-bond acceptors (Lipinski definition) is 11. The standard InChI is InChI=1S/C21H18BrN5O7S2/c1-33-26-12(11-15(22)36-21(23)25-11)16(28)24-13-17(29)27-14(19(30)31)10(8-35-18(13)27)7-34-20(32)9-5-3-2-4-6-9/h2-6,13,18H,7-8H2,1H3,(H2,23,25)(H,24,28)(H,30,31)/t13?,18-/m1/s1. The molecule has 0 spiro atoms. The van der Waals surface area contributed by atoms with Crippen molar-refractivity contribution >= 4 is 73.6 Å². The summed E-state index contributed by atoms with van der Waals surface area (Å²) in [5.41, 5.74) is 5.96. The number of benzene rings is 1. The molecule has 1 saturated heterocycles. The van der Waals surface area contributed by atoms with E-state index in [1.54, 1.807) is 30.3 Å². The van der Waals surface area contributed by atoms with Crippen LogP contribution in [0.15, 0.2) is 50.5 Å². The summed E-state index contributed by atoms with van der Waals surface area (Å²) in [6, 6.07) is 7.25. The van der Waals surface area contributed by atoms with Crippen molar-refractivity contribution in [1.29, 1.82) is 0 Å². The van der Waals surface area contributed by atoms with Crippen LogP contribution in [0.2, 0.25) is 0 Å². The van der Waals surface area contributed by atoms with Gasteiger partial charge in [0, 0.05) is 11.3 Å². The average molecular weight is 596 g/mol. The number of ether oxygens (including phenoxy) is 1. The van der Waals surface area contributed by atoms with Gasteiger partial charge in [-0.1, -0.05) is 34.7 Å². The van der Waals surface area contributed by atoms with Gasteiger partial charge in [0.2, 0.25) is 0 Å². The lowest BCUT2D eigenvalue weighted by atomic mass is 10.0. The molecule has 2 aliphatic rings. The molecule has 4 rings (SSSR count). The number of β-lactam (4-membered cyclic amide) rings is 1. The van der Waals surface area contributed by atoms with Gasteiger partial charge in [0.1, 0.15) is 40.3 Å². The summed E-state index contributed by atoms with van der Waals surface area (Å²) in [7, 11) is 1.25. The van der Waals surface area contributed by atoms with E-state index in [1.807, 2.05) is 0 Å². The fraction of sp³-hybridized carbons (Fsp3) is 0.238. The molecule has 36 heavy (non-hydrogen) atoms. The minimum Gasteiger partial charge on any atom is -0.477 e. The third kappa shape index (κ3) is 4.94. The van der Waals surface area contributed by atoms with Crippen LogP contribution in [0.3, 0.4) is 0 Å². The number of nitrogens with two attached hydrogens (primary N) is 1. The highest BCUT2D eigenvalue weighted by atomic mass is 79.9. The Kier molecular flexibility index (Phi) is 7.61. The van der Waals surface area contributed by atoms with E-state index < -0.39 is 35.2 Å². The number of fused-ring (bicyclic) bond motifs is 1. The Morgan fingerprint density at radius 2 is 2.06 bits per heavy atom. The van der Waals surface area contributed by atoms with Crippen molar-refractivity contribution in [2.75, 3.05) is 25.2 Å². The third-order valence-electron chi connectivity index (χ3n) is 5.15. The maximum Gasteiger partial charge on any atom is 0.352 e. The lowest BCUT2D eigenvalue weighted by molar-refractivity contribution is -0.150. The predicted molar refractivity (Wildman–Crippen MR) is 134 cm³/mol. The molecule has 2 aliphatic heterocycles. The van der Waals surface area contributed by atoms with Crippen molar-refractivity contribution in [3.05, 3.63) is 56.6 Å². The number of esters is 1. The first-order chi connectivity index (χ1) is 17.2. The number of rotatable bonds is 8. The second kappa shape index (κ2) is 10.7. The van der Waals surface area contributed by atoms with Crippen molar-refractivity contribution in [2.24, 2.45) is 5.16 Å². The van der Waals surface area contributed by atoms with E-state index in [-0.39, 0.29) is 40.2 Å². The number of carboxylic acid groups (broad SMARTS) is 1. The summed E-state index contributed by atoms with van der Waals surface area (Å²) in [4.78, 5) is 60.0. The number of carbonyl (C=O) groups excluding carboxylic acids is 3. The Morgan fingerprint density at radius 1 is 1.33 bits per heavy atom. The summed E-state index contributed by atoms with van der Waals surface area (Å²) < 4.78 is 5.72. The lowest BCUT2D eigenvalue weighted by Crippen LogP contribution is -2.71. The van der Waals surface area contributed by atoms with Crippen LogP contribution in [0.4, 0.5) is 5.13 Å². The normalized spacial score (nSPS) is 19.3. The molecule has 188 valence electrons. The SMILES string of the molecule is CON=C(C(=O)NC1C(=O)N2C(C(=O)O)=C(COC(=O)c3ccccc3)CS[C@H]12)c1nc(N)sc1Br. The van der Waals surface area contributed by atoms with Gasteiger partial charge in [-0.3, -0.25) is 14.5 Å². The monoisotopic (exact) mass is 595 g/mol. The number of hydrogen-bond donors (Lipinski definition) is 3. The van der Waals surface area contributed by atoms with Crippen LogP contribution >= 0.6 is 39.0 Å². The van der Waals surface area contributed by atoms with Gasteiger partial charge >= 0.3 is 11.9 Å². The molecular formula is C21H18BrN5O7S2. The number of nitrogens with zero attached hydrogens (tertiary/aromatic N) is 3. The highest BCUT2D eigenvalue weighted by molar-refractivity contribution is 9.11. The number of thiazole rings is 1. The Labute approximate surface area is 220 Å². The molecule has 1 unspecified atom stereocenters. The first kappa shape index (κ1) is 25.7. The number of oxime groups is 1. The van der Waals surface area contributed by atoms with Gasteiger partial charge in [0.05, 0.1) is 5.56 Å². The van der Waals surface area contributed by atoms with Crippen molar-refractivity contribution in [2.45, 2.75) is 11.4 Å².